The van der Waals surface area contributed by atoms with E-state index in [-0.39, 0.29) is 14.3 Å². The highest BCUT2D eigenvalue weighted by atomic mass is 79.9. The molecule has 0 aromatic carbocycles. The van der Waals surface area contributed by atoms with Gasteiger partial charge in [-0.25, -0.2) is 19.2 Å². The number of halogens is 1. The van der Waals surface area contributed by atoms with E-state index >= 15 is 0 Å². The van der Waals surface area contributed by atoms with Crippen LogP contribution in [0.15, 0.2) is 20.3 Å². The third-order valence-corrected chi connectivity index (χ3v) is 6.37. The van der Waals surface area contributed by atoms with Crippen LogP contribution in [0.1, 0.15) is 0 Å². The van der Waals surface area contributed by atoms with E-state index in [1.165, 1.54) is 6.20 Å². The molecule has 9 nitrogen and oxygen atoms in total. The summed E-state index contributed by atoms with van der Waals surface area (Å²) in [5.74, 6) is 5.13. The number of hydrogen-bond acceptors (Lipinski definition) is 9. The predicted octanol–water partition coefficient (Wildman–Crippen LogP) is 1.96. The molecule has 0 aliphatic carbocycles. The van der Waals surface area contributed by atoms with Crippen LogP contribution in [0, 0.1) is 10.1 Å². The Labute approximate surface area is 129 Å². The lowest BCUT2D eigenvalue weighted by Gasteiger charge is -2.00. The average Bonchev–Trinajstić information content (AvgIpc) is 2.95. The Morgan fingerprint density at radius 3 is 2.60 bits per heavy atom. The Morgan fingerprint density at radius 1 is 1.45 bits per heavy atom. The van der Waals surface area contributed by atoms with Gasteiger partial charge < -0.3 is 5.43 Å². The summed E-state index contributed by atoms with van der Waals surface area (Å²) in [7, 11) is -3.95. The molecule has 0 saturated heterocycles. The Kier molecular flexibility index (Phi) is 4.24. The number of aromatic nitrogens is 1. The Morgan fingerprint density at radius 2 is 2.15 bits per heavy atom. The number of nitrogen functional groups attached to an aromatic ring is 1. The highest BCUT2D eigenvalue weighted by molar-refractivity contribution is 9.11. The molecule has 0 aliphatic heterocycles. The summed E-state index contributed by atoms with van der Waals surface area (Å²) in [6.45, 7) is 0. The number of hydrazine groups is 1. The van der Waals surface area contributed by atoms with Gasteiger partial charge in [-0.2, -0.15) is 0 Å². The van der Waals surface area contributed by atoms with Crippen molar-refractivity contribution in [2.45, 2.75) is 4.21 Å². The molecule has 20 heavy (non-hydrogen) atoms. The van der Waals surface area contributed by atoms with E-state index < -0.39 is 20.6 Å². The number of thiazole rings is 1. The van der Waals surface area contributed by atoms with Crippen LogP contribution in [0.2, 0.25) is 0 Å². The SMILES string of the molecule is NNc1sc(S(=O)(=O)Nc2ncc(Br)s2)cc1[N+](=O)[O-]. The summed E-state index contributed by atoms with van der Waals surface area (Å²) in [4.78, 5) is 13.9. The highest BCUT2D eigenvalue weighted by Gasteiger charge is 2.26. The maximum Gasteiger partial charge on any atom is 0.306 e. The number of nitrogens with zero attached hydrogens (tertiary/aromatic N) is 2. The van der Waals surface area contributed by atoms with E-state index in [1.807, 2.05) is 0 Å². The maximum absolute atomic E-state index is 12.1. The molecule has 0 atom stereocenters. The fraction of sp³-hybridized carbons (Fsp3) is 0. The zero-order chi connectivity index (χ0) is 14.9. The first-order valence-corrected chi connectivity index (χ1v) is 8.63. The van der Waals surface area contributed by atoms with Crippen LogP contribution in [-0.2, 0) is 10.0 Å². The van der Waals surface area contributed by atoms with Crippen molar-refractivity contribution in [3.05, 3.63) is 26.2 Å². The standard InChI is InChI=1S/C7H6BrN5O4S3/c8-4-2-10-7(18-4)12-20(16,17)5-1-3(13(14)15)6(11-9)19-5/h1-2,11H,9H2,(H,10,12). The number of anilines is 2. The quantitative estimate of drug-likeness (QED) is 0.396. The molecule has 4 N–H and O–H groups in total. The number of rotatable bonds is 5. The maximum atomic E-state index is 12.1. The highest BCUT2D eigenvalue weighted by Crippen LogP contribution is 2.37. The first-order valence-electron chi connectivity index (χ1n) is 4.72. The fourth-order valence-electron chi connectivity index (χ4n) is 1.20. The van der Waals surface area contributed by atoms with Gasteiger partial charge >= 0.3 is 5.69 Å². The van der Waals surface area contributed by atoms with Crippen LogP contribution in [0.5, 0.6) is 0 Å². The summed E-state index contributed by atoms with van der Waals surface area (Å²) in [6, 6.07) is 0.935. The molecule has 2 heterocycles. The van der Waals surface area contributed by atoms with Gasteiger partial charge in [0.15, 0.2) is 10.1 Å². The second-order valence-corrected chi connectivity index (χ2v) is 8.63. The van der Waals surface area contributed by atoms with Crippen LogP contribution in [0.25, 0.3) is 0 Å². The smallest absolute Gasteiger partial charge is 0.306 e. The van der Waals surface area contributed by atoms with Gasteiger partial charge in [-0.1, -0.05) is 22.7 Å². The van der Waals surface area contributed by atoms with Gasteiger partial charge in [0.25, 0.3) is 10.0 Å². The second-order valence-electron chi connectivity index (χ2n) is 3.26. The Bertz CT molecular complexity index is 754. The molecular formula is C7H6BrN5O4S3. The van der Waals surface area contributed by atoms with E-state index in [0.717, 1.165) is 17.4 Å². The first-order chi connectivity index (χ1) is 9.33. The van der Waals surface area contributed by atoms with E-state index in [1.54, 1.807) is 0 Å². The van der Waals surface area contributed by atoms with Crippen molar-refractivity contribution in [2.75, 3.05) is 10.1 Å². The van der Waals surface area contributed by atoms with Crippen LogP contribution in [0.3, 0.4) is 0 Å². The lowest BCUT2D eigenvalue weighted by atomic mass is 10.5. The van der Waals surface area contributed by atoms with E-state index in [4.69, 9.17) is 5.84 Å². The van der Waals surface area contributed by atoms with Gasteiger partial charge in [-0.3, -0.25) is 14.8 Å². The van der Waals surface area contributed by atoms with Crippen molar-refractivity contribution in [1.29, 1.82) is 0 Å². The van der Waals surface area contributed by atoms with Crippen molar-refractivity contribution >= 4 is 64.4 Å². The first kappa shape index (κ1) is 15.1. The number of nitrogens with one attached hydrogen (secondary N) is 2. The number of hydrogen-bond donors (Lipinski definition) is 3. The van der Waals surface area contributed by atoms with Crippen LogP contribution >= 0.6 is 38.6 Å². The summed E-state index contributed by atoms with van der Waals surface area (Å²) in [5.41, 5.74) is 1.70. The summed E-state index contributed by atoms with van der Waals surface area (Å²) in [6.07, 6.45) is 1.44. The van der Waals surface area contributed by atoms with Crippen molar-refractivity contribution in [2.24, 2.45) is 5.84 Å². The average molecular weight is 400 g/mol. The van der Waals surface area contributed by atoms with Crippen LogP contribution in [0.4, 0.5) is 15.8 Å². The minimum absolute atomic E-state index is 0.0457. The summed E-state index contributed by atoms with van der Waals surface area (Å²) < 4.78 is 26.8. The molecule has 0 aliphatic rings. The molecule has 0 unspecified atom stereocenters. The van der Waals surface area contributed by atoms with Crippen molar-refractivity contribution < 1.29 is 13.3 Å². The van der Waals surface area contributed by atoms with Gasteiger partial charge in [-0.15, -0.1) is 0 Å². The van der Waals surface area contributed by atoms with E-state index in [9.17, 15) is 18.5 Å². The molecule has 0 radical (unpaired) electrons. The predicted molar refractivity (Wildman–Crippen MR) is 79.4 cm³/mol. The lowest BCUT2D eigenvalue weighted by molar-refractivity contribution is -0.383. The van der Waals surface area contributed by atoms with Crippen molar-refractivity contribution in [3.8, 4) is 0 Å². The lowest BCUT2D eigenvalue weighted by Crippen LogP contribution is -2.11. The zero-order valence-electron chi connectivity index (χ0n) is 9.36. The Balaban J connectivity index is 2.37. The zero-order valence-corrected chi connectivity index (χ0v) is 13.4. The molecule has 0 saturated carbocycles. The van der Waals surface area contributed by atoms with Gasteiger partial charge in [0, 0.05) is 6.07 Å². The summed E-state index contributed by atoms with van der Waals surface area (Å²) >= 11 is 4.89. The van der Waals surface area contributed by atoms with Gasteiger partial charge in [0.2, 0.25) is 0 Å². The van der Waals surface area contributed by atoms with Crippen LogP contribution in [-0.4, -0.2) is 18.3 Å². The van der Waals surface area contributed by atoms with E-state index in [0.29, 0.717) is 15.1 Å². The molecule has 0 amide bonds. The third kappa shape index (κ3) is 3.06. The number of thiophene rings is 1. The number of nitro groups is 1. The minimum Gasteiger partial charge on any atom is -0.310 e. The molecule has 2 aromatic rings. The normalized spacial score (nSPS) is 11.3. The fourth-order valence-corrected chi connectivity index (χ4v) is 4.78. The summed E-state index contributed by atoms with van der Waals surface area (Å²) in [5, 5.41) is 10.9. The number of sulfonamides is 1. The monoisotopic (exact) mass is 399 g/mol. The molecule has 0 fully saturated rings. The van der Waals surface area contributed by atoms with Gasteiger partial charge in [0.1, 0.15) is 4.21 Å². The molecule has 2 rings (SSSR count). The molecule has 108 valence electrons. The topological polar surface area (TPSA) is 140 Å². The van der Waals surface area contributed by atoms with E-state index in [2.05, 4.69) is 31.1 Å². The van der Waals surface area contributed by atoms with Crippen molar-refractivity contribution in [3.63, 3.8) is 0 Å². The number of nitrogens with two attached hydrogens (primary N) is 1. The molecule has 2 aromatic heterocycles. The largest absolute Gasteiger partial charge is 0.310 e. The third-order valence-electron chi connectivity index (χ3n) is 1.98. The molecular weight excluding hydrogens is 394 g/mol. The second kappa shape index (κ2) is 5.61. The minimum atomic E-state index is -3.95. The van der Waals surface area contributed by atoms with Gasteiger partial charge in [0.05, 0.1) is 14.9 Å². The molecule has 0 spiro atoms. The van der Waals surface area contributed by atoms with Crippen molar-refractivity contribution in [1.82, 2.24) is 4.98 Å². The van der Waals surface area contributed by atoms with Crippen LogP contribution < -0.4 is 16.0 Å². The molecule has 13 heteroatoms. The van der Waals surface area contributed by atoms with Gasteiger partial charge in [-0.05, 0) is 15.9 Å². The Hall–Kier alpha value is -1.28. The molecule has 0 bridgehead atoms.